The maximum atomic E-state index is 12.2. The van der Waals surface area contributed by atoms with Gasteiger partial charge < -0.3 is 5.32 Å². The monoisotopic (exact) mass is 285 g/mol. The molecule has 1 N–H and O–H groups in total. The van der Waals surface area contributed by atoms with Gasteiger partial charge in [0.25, 0.3) is 0 Å². The van der Waals surface area contributed by atoms with Gasteiger partial charge in [0.15, 0.2) is 0 Å². The Balaban J connectivity index is 0.00000162. The third-order valence-electron chi connectivity index (χ3n) is 2.87. The topological polar surface area (TPSA) is 65.8 Å². The summed E-state index contributed by atoms with van der Waals surface area (Å²) >= 11 is 0. The SMILES string of the molecule is Cl.N#Cc1cccnc1S(=O)CC1CCCCN1. The molecule has 0 radical (unpaired) electrons. The fourth-order valence-corrected chi connectivity index (χ4v) is 3.33. The standard InChI is InChI=1S/C12H15N3OS.ClH/c13-8-10-4-3-7-15-12(10)17(16)9-11-5-1-2-6-14-11;/h3-4,7,11,14H,1-2,5-6,9H2;1H. The molecule has 1 fully saturated rings. The minimum Gasteiger partial charge on any atom is -0.313 e. The van der Waals surface area contributed by atoms with Crippen LogP contribution in [0.4, 0.5) is 0 Å². The largest absolute Gasteiger partial charge is 0.313 e. The van der Waals surface area contributed by atoms with Crippen LogP contribution in [0.15, 0.2) is 23.4 Å². The summed E-state index contributed by atoms with van der Waals surface area (Å²) in [5.41, 5.74) is 0.418. The van der Waals surface area contributed by atoms with Crippen LogP contribution in [0.25, 0.3) is 0 Å². The van der Waals surface area contributed by atoms with Gasteiger partial charge in [0, 0.05) is 18.0 Å². The number of nitrogens with zero attached hydrogens (tertiary/aromatic N) is 2. The fourth-order valence-electron chi connectivity index (χ4n) is 1.99. The smallest absolute Gasteiger partial charge is 0.144 e. The van der Waals surface area contributed by atoms with E-state index in [0.717, 1.165) is 13.0 Å². The number of pyridine rings is 1. The van der Waals surface area contributed by atoms with Crippen LogP contribution in [0.1, 0.15) is 24.8 Å². The number of rotatable bonds is 3. The summed E-state index contributed by atoms with van der Waals surface area (Å²) in [4.78, 5) is 4.06. The maximum Gasteiger partial charge on any atom is 0.144 e. The number of hydrogen-bond acceptors (Lipinski definition) is 4. The van der Waals surface area contributed by atoms with Gasteiger partial charge in [0.1, 0.15) is 11.1 Å². The van der Waals surface area contributed by atoms with Gasteiger partial charge in [-0.25, -0.2) is 4.98 Å². The van der Waals surface area contributed by atoms with Gasteiger partial charge in [-0.1, -0.05) is 6.42 Å². The van der Waals surface area contributed by atoms with E-state index < -0.39 is 10.8 Å². The van der Waals surface area contributed by atoms with E-state index in [0.29, 0.717) is 16.3 Å². The predicted molar refractivity (Wildman–Crippen MR) is 73.1 cm³/mol. The molecular formula is C12H16ClN3OS. The van der Waals surface area contributed by atoms with E-state index in [1.165, 1.54) is 12.8 Å². The van der Waals surface area contributed by atoms with Gasteiger partial charge in [0.05, 0.1) is 16.4 Å². The molecule has 1 aromatic rings. The maximum absolute atomic E-state index is 12.2. The molecule has 2 heterocycles. The molecule has 0 amide bonds. The molecule has 6 heteroatoms. The van der Waals surface area contributed by atoms with E-state index in [2.05, 4.69) is 10.3 Å². The third-order valence-corrected chi connectivity index (χ3v) is 4.33. The summed E-state index contributed by atoms with van der Waals surface area (Å²) in [6, 6.07) is 5.68. The zero-order valence-electron chi connectivity index (χ0n) is 9.96. The van der Waals surface area contributed by atoms with Crippen molar-refractivity contribution in [2.75, 3.05) is 12.3 Å². The molecule has 0 saturated carbocycles. The molecule has 1 aromatic heterocycles. The first-order chi connectivity index (χ1) is 8.31. The average Bonchev–Trinajstić information content (AvgIpc) is 2.40. The van der Waals surface area contributed by atoms with Gasteiger partial charge in [0.2, 0.25) is 0 Å². The van der Waals surface area contributed by atoms with Gasteiger partial charge in [-0.2, -0.15) is 5.26 Å². The second kappa shape index (κ2) is 7.47. The zero-order valence-corrected chi connectivity index (χ0v) is 11.6. The van der Waals surface area contributed by atoms with Crippen LogP contribution >= 0.6 is 12.4 Å². The van der Waals surface area contributed by atoms with Gasteiger partial charge in [-0.3, -0.25) is 4.21 Å². The lowest BCUT2D eigenvalue weighted by molar-refractivity contribution is 0.427. The summed E-state index contributed by atoms with van der Waals surface area (Å²) in [5.74, 6) is 0.547. The minimum atomic E-state index is -1.19. The lowest BCUT2D eigenvalue weighted by Gasteiger charge is -2.22. The molecular weight excluding hydrogens is 270 g/mol. The number of hydrogen-bond donors (Lipinski definition) is 1. The van der Waals surface area contributed by atoms with Crippen molar-refractivity contribution in [2.24, 2.45) is 0 Å². The third kappa shape index (κ3) is 3.77. The van der Waals surface area contributed by atoms with Crippen LogP contribution < -0.4 is 5.32 Å². The van der Waals surface area contributed by atoms with Crippen LogP contribution in [-0.2, 0) is 10.8 Å². The zero-order chi connectivity index (χ0) is 12.1. The Hall–Kier alpha value is -0.960. The van der Waals surface area contributed by atoms with E-state index in [4.69, 9.17) is 5.26 Å². The van der Waals surface area contributed by atoms with E-state index in [9.17, 15) is 4.21 Å². The highest BCUT2D eigenvalue weighted by Crippen LogP contribution is 2.14. The molecule has 1 aliphatic heterocycles. The average molecular weight is 286 g/mol. The molecule has 2 rings (SSSR count). The molecule has 2 unspecified atom stereocenters. The van der Waals surface area contributed by atoms with Crippen molar-refractivity contribution in [3.8, 4) is 6.07 Å². The molecule has 0 spiro atoms. The van der Waals surface area contributed by atoms with E-state index in [1.54, 1.807) is 18.3 Å². The summed E-state index contributed by atoms with van der Waals surface area (Å²) < 4.78 is 12.2. The second-order valence-electron chi connectivity index (χ2n) is 4.13. The highest BCUT2D eigenvalue weighted by molar-refractivity contribution is 7.85. The second-order valence-corrected chi connectivity index (χ2v) is 5.54. The Kier molecular flexibility index (Phi) is 6.27. The van der Waals surface area contributed by atoms with Crippen LogP contribution in [-0.4, -0.2) is 27.5 Å². The molecule has 4 nitrogen and oxygen atoms in total. The minimum absolute atomic E-state index is 0. The molecule has 98 valence electrons. The lowest BCUT2D eigenvalue weighted by atomic mass is 10.1. The van der Waals surface area contributed by atoms with Crippen molar-refractivity contribution in [1.82, 2.24) is 10.3 Å². The van der Waals surface area contributed by atoms with E-state index in [-0.39, 0.29) is 18.4 Å². The van der Waals surface area contributed by atoms with Crippen molar-refractivity contribution in [3.63, 3.8) is 0 Å². The van der Waals surface area contributed by atoms with Gasteiger partial charge in [-0.15, -0.1) is 12.4 Å². The van der Waals surface area contributed by atoms with Crippen molar-refractivity contribution in [1.29, 1.82) is 5.26 Å². The quantitative estimate of drug-likeness (QED) is 0.917. The van der Waals surface area contributed by atoms with E-state index in [1.807, 2.05) is 6.07 Å². The normalized spacial score (nSPS) is 20.5. The van der Waals surface area contributed by atoms with Crippen LogP contribution in [0.5, 0.6) is 0 Å². The Morgan fingerprint density at radius 2 is 2.39 bits per heavy atom. The lowest BCUT2D eigenvalue weighted by Crippen LogP contribution is -2.38. The Labute approximate surface area is 116 Å². The molecule has 2 atom stereocenters. The first-order valence-corrected chi connectivity index (χ1v) is 7.10. The van der Waals surface area contributed by atoms with Gasteiger partial charge >= 0.3 is 0 Å². The first-order valence-electron chi connectivity index (χ1n) is 5.78. The Morgan fingerprint density at radius 3 is 3.06 bits per heavy atom. The van der Waals surface area contributed by atoms with E-state index >= 15 is 0 Å². The van der Waals surface area contributed by atoms with Crippen molar-refractivity contribution in [3.05, 3.63) is 23.9 Å². The number of piperidine rings is 1. The Bertz CT molecular complexity index is 455. The number of nitrogens with one attached hydrogen (secondary N) is 1. The van der Waals surface area contributed by atoms with Crippen LogP contribution in [0.3, 0.4) is 0 Å². The summed E-state index contributed by atoms with van der Waals surface area (Å²) in [6.45, 7) is 0.995. The van der Waals surface area contributed by atoms with Crippen molar-refractivity contribution in [2.45, 2.75) is 30.3 Å². The molecule has 0 aromatic carbocycles. The van der Waals surface area contributed by atoms with Crippen molar-refractivity contribution < 1.29 is 4.21 Å². The summed E-state index contributed by atoms with van der Waals surface area (Å²) in [5, 5.41) is 12.7. The predicted octanol–water partition coefficient (Wildman–Crippen LogP) is 1.62. The first kappa shape index (κ1) is 15.1. The number of nitriles is 1. The molecule has 1 aliphatic rings. The highest BCUT2D eigenvalue weighted by atomic mass is 35.5. The molecule has 1 saturated heterocycles. The molecule has 0 bridgehead atoms. The number of halogens is 1. The summed E-state index contributed by atoms with van der Waals surface area (Å²) in [6.07, 6.45) is 5.02. The number of aromatic nitrogens is 1. The summed E-state index contributed by atoms with van der Waals surface area (Å²) in [7, 11) is -1.19. The molecule has 0 aliphatic carbocycles. The highest BCUT2D eigenvalue weighted by Gasteiger charge is 2.18. The fraction of sp³-hybridized carbons (Fsp3) is 0.500. The van der Waals surface area contributed by atoms with Gasteiger partial charge in [-0.05, 0) is 31.5 Å². The Morgan fingerprint density at radius 1 is 1.56 bits per heavy atom. The van der Waals surface area contributed by atoms with Crippen molar-refractivity contribution >= 4 is 23.2 Å². The van der Waals surface area contributed by atoms with Crippen LogP contribution in [0, 0.1) is 11.3 Å². The van der Waals surface area contributed by atoms with Crippen LogP contribution in [0.2, 0.25) is 0 Å². The molecule has 18 heavy (non-hydrogen) atoms.